The Hall–Kier alpha value is -0.650. The fourth-order valence-corrected chi connectivity index (χ4v) is 3.09. The van der Waals surface area contributed by atoms with Crippen LogP contribution in [0.2, 0.25) is 0 Å². The lowest BCUT2D eigenvalue weighted by molar-refractivity contribution is 0.264. The van der Waals surface area contributed by atoms with Gasteiger partial charge < -0.3 is 9.73 Å². The molecule has 0 radical (unpaired) electrons. The maximum atomic E-state index is 11.3. The second-order valence-electron chi connectivity index (χ2n) is 4.27. The van der Waals surface area contributed by atoms with Crippen LogP contribution in [-0.4, -0.2) is 40.2 Å². The van der Waals surface area contributed by atoms with Crippen molar-refractivity contribution < 1.29 is 8.63 Å². The lowest BCUT2D eigenvalue weighted by atomic mass is 10.2. The molecule has 0 amide bonds. The summed E-state index contributed by atoms with van der Waals surface area (Å²) in [5.41, 5.74) is 1.23. The Bertz CT molecular complexity index is 368. The third-order valence-corrected chi connectivity index (χ3v) is 4.32. The molecule has 2 rings (SSSR count). The molecule has 1 saturated heterocycles. The first-order valence-electron chi connectivity index (χ1n) is 6.13. The molecule has 0 aliphatic carbocycles. The molecular weight excluding hydrogens is 236 g/mol. The zero-order chi connectivity index (χ0) is 12.1. The molecule has 1 N–H and O–H groups in total. The van der Waals surface area contributed by atoms with Crippen LogP contribution in [0.3, 0.4) is 0 Å². The molecule has 1 aliphatic rings. The zero-order valence-electron chi connectivity index (χ0n) is 10.3. The summed E-state index contributed by atoms with van der Waals surface area (Å²) in [5, 5.41) is 3.31. The van der Waals surface area contributed by atoms with Crippen LogP contribution < -0.4 is 5.32 Å². The van der Waals surface area contributed by atoms with Crippen LogP contribution in [-0.2, 0) is 23.9 Å². The molecule has 4 nitrogen and oxygen atoms in total. The van der Waals surface area contributed by atoms with Crippen LogP contribution in [0, 0.1) is 0 Å². The van der Waals surface area contributed by atoms with Gasteiger partial charge >= 0.3 is 0 Å². The summed E-state index contributed by atoms with van der Waals surface area (Å²) in [6.45, 7) is 6.59. The van der Waals surface area contributed by atoms with Gasteiger partial charge in [0.25, 0.3) is 0 Å². The van der Waals surface area contributed by atoms with Crippen molar-refractivity contribution in [3.63, 3.8) is 0 Å². The standard InChI is InChI=1S/C12H20N2O2S/c1-2-13-9-11-3-6-16-12(11)10-14-4-7-17(15)8-5-14/h3,6,13H,2,4-5,7-10H2,1H3. The second kappa shape index (κ2) is 6.33. The van der Waals surface area contributed by atoms with Gasteiger partial charge in [-0.05, 0) is 12.6 Å². The predicted octanol–water partition coefficient (Wildman–Crippen LogP) is 0.953. The molecule has 5 heteroatoms. The van der Waals surface area contributed by atoms with Gasteiger partial charge in [-0.25, -0.2) is 0 Å². The Morgan fingerprint density at radius 1 is 1.47 bits per heavy atom. The van der Waals surface area contributed by atoms with Gasteiger partial charge in [0.15, 0.2) is 0 Å². The van der Waals surface area contributed by atoms with E-state index in [9.17, 15) is 4.21 Å². The monoisotopic (exact) mass is 256 g/mol. The van der Waals surface area contributed by atoms with Gasteiger partial charge in [0, 0.05) is 47.5 Å². The van der Waals surface area contributed by atoms with E-state index >= 15 is 0 Å². The molecule has 0 saturated carbocycles. The van der Waals surface area contributed by atoms with Gasteiger partial charge in [0.2, 0.25) is 0 Å². The van der Waals surface area contributed by atoms with Gasteiger partial charge in [-0.3, -0.25) is 9.11 Å². The van der Waals surface area contributed by atoms with Crippen molar-refractivity contribution in [3.8, 4) is 0 Å². The highest BCUT2D eigenvalue weighted by Crippen LogP contribution is 2.14. The quantitative estimate of drug-likeness (QED) is 0.852. The number of rotatable bonds is 5. The lowest BCUT2D eigenvalue weighted by Gasteiger charge is -2.25. The van der Waals surface area contributed by atoms with Crippen molar-refractivity contribution in [2.45, 2.75) is 20.0 Å². The summed E-state index contributed by atoms with van der Waals surface area (Å²) in [7, 11) is -0.604. The average molecular weight is 256 g/mol. The van der Waals surface area contributed by atoms with Crippen LogP contribution in [0.4, 0.5) is 0 Å². The van der Waals surface area contributed by atoms with Gasteiger partial charge in [-0.1, -0.05) is 6.92 Å². The Kier molecular flexibility index (Phi) is 4.76. The first-order chi connectivity index (χ1) is 8.29. The highest BCUT2D eigenvalue weighted by Gasteiger charge is 2.17. The molecule has 17 heavy (non-hydrogen) atoms. The van der Waals surface area contributed by atoms with Crippen LogP contribution in [0.5, 0.6) is 0 Å². The molecule has 96 valence electrons. The van der Waals surface area contributed by atoms with Crippen molar-refractivity contribution in [1.82, 2.24) is 10.2 Å². The Morgan fingerprint density at radius 3 is 2.94 bits per heavy atom. The van der Waals surface area contributed by atoms with Crippen molar-refractivity contribution in [1.29, 1.82) is 0 Å². The highest BCUT2D eigenvalue weighted by molar-refractivity contribution is 7.85. The maximum absolute atomic E-state index is 11.3. The van der Waals surface area contributed by atoms with Crippen LogP contribution in [0.25, 0.3) is 0 Å². The minimum absolute atomic E-state index is 0.604. The van der Waals surface area contributed by atoms with Crippen LogP contribution in [0.1, 0.15) is 18.2 Å². The summed E-state index contributed by atoms with van der Waals surface area (Å²) in [4.78, 5) is 2.32. The Labute approximate surface area is 105 Å². The van der Waals surface area contributed by atoms with Crippen molar-refractivity contribution in [2.75, 3.05) is 31.1 Å². The predicted molar refractivity (Wildman–Crippen MR) is 69.2 cm³/mol. The fourth-order valence-electron chi connectivity index (χ4n) is 1.96. The molecule has 0 aromatic carbocycles. The minimum atomic E-state index is -0.604. The van der Waals surface area contributed by atoms with Gasteiger partial charge in [-0.15, -0.1) is 0 Å². The molecule has 0 spiro atoms. The van der Waals surface area contributed by atoms with E-state index in [-0.39, 0.29) is 0 Å². The van der Waals surface area contributed by atoms with Gasteiger partial charge in [-0.2, -0.15) is 0 Å². The van der Waals surface area contributed by atoms with Gasteiger partial charge in [0.05, 0.1) is 12.8 Å². The molecule has 1 aromatic heterocycles. The molecule has 1 fully saturated rings. The normalized spacial score (nSPS) is 18.6. The fraction of sp³-hybridized carbons (Fsp3) is 0.667. The van der Waals surface area contributed by atoms with E-state index in [0.29, 0.717) is 0 Å². The number of hydrogen-bond acceptors (Lipinski definition) is 4. The van der Waals surface area contributed by atoms with E-state index in [1.807, 2.05) is 6.07 Å². The third-order valence-electron chi connectivity index (χ3n) is 3.04. The smallest absolute Gasteiger partial charge is 0.122 e. The molecule has 0 atom stereocenters. The number of nitrogens with zero attached hydrogens (tertiary/aromatic N) is 1. The van der Waals surface area contributed by atoms with E-state index in [1.165, 1.54) is 5.56 Å². The van der Waals surface area contributed by atoms with E-state index < -0.39 is 10.8 Å². The summed E-state index contributed by atoms with van der Waals surface area (Å²) < 4.78 is 16.8. The van der Waals surface area contributed by atoms with Gasteiger partial charge in [0.1, 0.15) is 5.76 Å². The Balaban J connectivity index is 1.89. The Morgan fingerprint density at radius 2 is 2.24 bits per heavy atom. The van der Waals surface area contributed by atoms with Crippen molar-refractivity contribution in [3.05, 3.63) is 23.7 Å². The highest BCUT2D eigenvalue weighted by atomic mass is 32.2. The van der Waals surface area contributed by atoms with E-state index in [0.717, 1.165) is 50.0 Å². The largest absolute Gasteiger partial charge is 0.468 e. The average Bonchev–Trinajstić information content (AvgIpc) is 2.77. The van der Waals surface area contributed by atoms with E-state index in [2.05, 4.69) is 17.1 Å². The second-order valence-corrected chi connectivity index (χ2v) is 5.97. The van der Waals surface area contributed by atoms with Crippen LogP contribution in [0.15, 0.2) is 16.7 Å². The zero-order valence-corrected chi connectivity index (χ0v) is 11.1. The number of nitrogens with one attached hydrogen (secondary N) is 1. The molecule has 1 aromatic rings. The minimum Gasteiger partial charge on any atom is -0.468 e. The van der Waals surface area contributed by atoms with E-state index in [4.69, 9.17) is 4.42 Å². The van der Waals surface area contributed by atoms with E-state index in [1.54, 1.807) is 6.26 Å². The number of hydrogen-bond donors (Lipinski definition) is 1. The molecule has 0 bridgehead atoms. The van der Waals surface area contributed by atoms with Crippen molar-refractivity contribution in [2.24, 2.45) is 0 Å². The van der Waals surface area contributed by atoms with Crippen molar-refractivity contribution >= 4 is 10.8 Å². The summed E-state index contributed by atoms with van der Waals surface area (Å²) in [5.74, 6) is 2.63. The summed E-state index contributed by atoms with van der Waals surface area (Å²) >= 11 is 0. The first-order valence-corrected chi connectivity index (χ1v) is 7.61. The number of furan rings is 1. The molecular formula is C12H20N2O2S. The van der Waals surface area contributed by atoms with Crippen LogP contribution >= 0.6 is 0 Å². The third kappa shape index (κ3) is 3.66. The summed E-state index contributed by atoms with van der Waals surface area (Å²) in [6.07, 6.45) is 1.75. The molecule has 2 heterocycles. The first kappa shape index (κ1) is 12.8. The lowest BCUT2D eigenvalue weighted by Crippen LogP contribution is -2.37. The SMILES string of the molecule is CCNCc1ccoc1CN1CCS(=O)CC1. The molecule has 1 aliphatic heterocycles. The topological polar surface area (TPSA) is 45.5 Å². The maximum Gasteiger partial charge on any atom is 0.122 e. The molecule has 0 unspecified atom stereocenters. The summed E-state index contributed by atoms with van der Waals surface area (Å²) in [6, 6.07) is 2.03.